The van der Waals surface area contributed by atoms with E-state index in [0.29, 0.717) is 12.0 Å². The lowest BCUT2D eigenvalue weighted by Gasteiger charge is -1.99. The van der Waals surface area contributed by atoms with Crippen LogP contribution in [-0.2, 0) is 9.59 Å². The van der Waals surface area contributed by atoms with Gasteiger partial charge in [0, 0.05) is 0 Å². The van der Waals surface area contributed by atoms with Crippen molar-refractivity contribution in [2.24, 2.45) is 0 Å². The van der Waals surface area contributed by atoms with E-state index < -0.39 is 5.92 Å². The number of rotatable bonds is 3. The zero-order valence-electron chi connectivity index (χ0n) is 6.11. The standard InChI is InChI=1S/C8H8O3/c1-6(10)7(5-9)8-3-2-4-11-8/h2-5,7H,1H3. The van der Waals surface area contributed by atoms with Gasteiger partial charge in [0.25, 0.3) is 0 Å². The highest BCUT2D eigenvalue weighted by Gasteiger charge is 2.17. The molecule has 3 heteroatoms. The second kappa shape index (κ2) is 3.14. The van der Waals surface area contributed by atoms with Crippen molar-refractivity contribution in [1.29, 1.82) is 0 Å². The number of hydrogen-bond acceptors (Lipinski definition) is 3. The number of carbonyl (C=O) groups is 2. The van der Waals surface area contributed by atoms with E-state index in [1.54, 1.807) is 12.1 Å². The van der Waals surface area contributed by atoms with Gasteiger partial charge in [0.15, 0.2) is 0 Å². The van der Waals surface area contributed by atoms with Gasteiger partial charge in [-0.05, 0) is 19.1 Å². The average Bonchev–Trinajstić information content (AvgIpc) is 2.40. The van der Waals surface area contributed by atoms with Crippen LogP contribution in [0.3, 0.4) is 0 Å². The molecule has 0 fully saturated rings. The van der Waals surface area contributed by atoms with Crippen LogP contribution in [0.2, 0.25) is 0 Å². The minimum Gasteiger partial charge on any atom is -0.468 e. The van der Waals surface area contributed by atoms with E-state index in [9.17, 15) is 9.59 Å². The summed E-state index contributed by atoms with van der Waals surface area (Å²) in [7, 11) is 0. The molecule has 0 bridgehead atoms. The summed E-state index contributed by atoms with van der Waals surface area (Å²) in [5.74, 6) is -0.521. The molecule has 0 aliphatic carbocycles. The molecule has 0 radical (unpaired) electrons. The molecule has 0 aliphatic heterocycles. The molecule has 1 atom stereocenters. The summed E-state index contributed by atoms with van der Waals surface area (Å²) in [6, 6.07) is 3.26. The minimum absolute atomic E-state index is 0.199. The third-order valence-electron chi connectivity index (χ3n) is 1.42. The first-order valence-electron chi connectivity index (χ1n) is 3.25. The summed E-state index contributed by atoms with van der Waals surface area (Å²) in [6.07, 6.45) is 2.02. The number of Topliss-reactive ketones (excluding diaryl/α,β-unsaturated/α-hetero) is 1. The highest BCUT2D eigenvalue weighted by atomic mass is 16.3. The number of hydrogen-bond donors (Lipinski definition) is 0. The van der Waals surface area contributed by atoms with Crippen molar-refractivity contribution in [1.82, 2.24) is 0 Å². The van der Waals surface area contributed by atoms with E-state index in [-0.39, 0.29) is 5.78 Å². The number of ketones is 1. The molecule has 0 N–H and O–H groups in total. The largest absolute Gasteiger partial charge is 0.468 e. The molecule has 58 valence electrons. The van der Waals surface area contributed by atoms with Crippen molar-refractivity contribution in [2.75, 3.05) is 0 Å². The molecule has 0 aromatic carbocycles. The van der Waals surface area contributed by atoms with Crippen LogP contribution in [0.25, 0.3) is 0 Å². The number of furan rings is 1. The Kier molecular flexibility index (Phi) is 2.21. The molecule has 1 unspecified atom stereocenters. The topological polar surface area (TPSA) is 47.3 Å². The first-order valence-corrected chi connectivity index (χ1v) is 3.25. The van der Waals surface area contributed by atoms with E-state index >= 15 is 0 Å². The summed E-state index contributed by atoms with van der Waals surface area (Å²) < 4.78 is 4.90. The van der Waals surface area contributed by atoms with E-state index in [4.69, 9.17) is 4.42 Å². The number of carbonyl (C=O) groups excluding carboxylic acids is 2. The Hall–Kier alpha value is -1.38. The van der Waals surface area contributed by atoms with Gasteiger partial charge in [-0.25, -0.2) is 0 Å². The van der Waals surface area contributed by atoms with Crippen molar-refractivity contribution in [3.8, 4) is 0 Å². The predicted octanol–water partition coefficient (Wildman–Crippen LogP) is 1.15. The van der Waals surface area contributed by atoms with Crippen LogP contribution in [0, 0.1) is 0 Å². The second-order valence-corrected chi connectivity index (χ2v) is 2.24. The summed E-state index contributed by atoms with van der Waals surface area (Å²) in [5, 5.41) is 0. The van der Waals surface area contributed by atoms with Crippen molar-refractivity contribution >= 4 is 12.1 Å². The molecular formula is C8H8O3. The Morgan fingerprint density at radius 1 is 1.73 bits per heavy atom. The fraction of sp³-hybridized carbons (Fsp3) is 0.250. The Morgan fingerprint density at radius 2 is 2.45 bits per heavy atom. The van der Waals surface area contributed by atoms with Gasteiger partial charge in [-0.3, -0.25) is 4.79 Å². The second-order valence-electron chi connectivity index (χ2n) is 2.24. The van der Waals surface area contributed by atoms with Crippen molar-refractivity contribution < 1.29 is 14.0 Å². The predicted molar refractivity (Wildman–Crippen MR) is 38.2 cm³/mol. The van der Waals surface area contributed by atoms with Crippen LogP contribution in [-0.4, -0.2) is 12.1 Å². The summed E-state index contributed by atoms with van der Waals surface area (Å²) >= 11 is 0. The van der Waals surface area contributed by atoms with Crippen LogP contribution in [0.15, 0.2) is 22.8 Å². The smallest absolute Gasteiger partial charge is 0.147 e. The highest BCUT2D eigenvalue weighted by Crippen LogP contribution is 2.14. The van der Waals surface area contributed by atoms with Crippen molar-refractivity contribution in [2.45, 2.75) is 12.8 Å². The molecule has 0 aliphatic rings. The van der Waals surface area contributed by atoms with E-state index in [1.165, 1.54) is 13.2 Å². The van der Waals surface area contributed by atoms with Gasteiger partial charge in [-0.15, -0.1) is 0 Å². The Balaban J connectivity index is 2.88. The molecule has 0 saturated heterocycles. The first-order chi connectivity index (χ1) is 5.25. The SMILES string of the molecule is CC(=O)C(C=O)c1ccco1. The fourth-order valence-electron chi connectivity index (χ4n) is 0.831. The molecule has 0 spiro atoms. The zero-order chi connectivity index (χ0) is 8.27. The van der Waals surface area contributed by atoms with E-state index in [0.717, 1.165) is 0 Å². The summed E-state index contributed by atoms with van der Waals surface area (Å²) in [4.78, 5) is 21.1. The third kappa shape index (κ3) is 1.55. The normalized spacial score (nSPS) is 12.5. The van der Waals surface area contributed by atoms with Gasteiger partial charge in [0.1, 0.15) is 23.7 Å². The van der Waals surface area contributed by atoms with Gasteiger partial charge in [-0.1, -0.05) is 0 Å². The lowest BCUT2D eigenvalue weighted by molar-refractivity contribution is -0.123. The zero-order valence-corrected chi connectivity index (χ0v) is 6.11. The Labute approximate surface area is 64.0 Å². The van der Waals surface area contributed by atoms with Crippen LogP contribution in [0.1, 0.15) is 18.6 Å². The van der Waals surface area contributed by atoms with Crippen molar-refractivity contribution in [3.63, 3.8) is 0 Å². The molecule has 0 amide bonds. The first kappa shape index (κ1) is 7.72. The summed E-state index contributed by atoms with van der Waals surface area (Å²) in [5.41, 5.74) is 0. The maximum absolute atomic E-state index is 10.8. The lowest BCUT2D eigenvalue weighted by atomic mass is 10.1. The Morgan fingerprint density at radius 3 is 2.82 bits per heavy atom. The molecule has 1 aromatic rings. The lowest BCUT2D eigenvalue weighted by Crippen LogP contribution is -2.08. The van der Waals surface area contributed by atoms with Crippen LogP contribution < -0.4 is 0 Å². The summed E-state index contributed by atoms with van der Waals surface area (Å²) in [6.45, 7) is 1.36. The van der Waals surface area contributed by atoms with Crippen LogP contribution in [0.5, 0.6) is 0 Å². The van der Waals surface area contributed by atoms with Gasteiger partial charge < -0.3 is 9.21 Å². The Bertz CT molecular complexity index is 248. The van der Waals surface area contributed by atoms with Gasteiger partial charge in [-0.2, -0.15) is 0 Å². The van der Waals surface area contributed by atoms with Gasteiger partial charge in [0.05, 0.1) is 6.26 Å². The molecule has 11 heavy (non-hydrogen) atoms. The van der Waals surface area contributed by atoms with Crippen LogP contribution >= 0.6 is 0 Å². The molecule has 0 saturated carbocycles. The van der Waals surface area contributed by atoms with E-state index in [1.807, 2.05) is 0 Å². The highest BCUT2D eigenvalue weighted by molar-refractivity contribution is 5.96. The van der Waals surface area contributed by atoms with Gasteiger partial charge >= 0.3 is 0 Å². The maximum atomic E-state index is 10.8. The third-order valence-corrected chi connectivity index (χ3v) is 1.42. The average molecular weight is 152 g/mol. The van der Waals surface area contributed by atoms with Crippen LogP contribution in [0.4, 0.5) is 0 Å². The molecule has 3 nitrogen and oxygen atoms in total. The molecule has 1 rings (SSSR count). The van der Waals surface area contributed by atoms with E-state index in [2.05, 4.69) is 0 Å². The number of aldehydes is 1. The minimum atomic E-state index is -0.731. The van der Waals surface area contributed by atoms with Gasteiger partial charge in [0.2, 0.25) is 0 Å². The fourth-order valence-corrected chi connectivity index (χ4v) is 0.831. The quantitative estimate of drug-likeness (QED) is 0.482. The van der Waals surface area contributed by atoms with Crippen molar-refractivity contribution in [3.05, 3.63) is 24.2 Å². The molecule has 1 heterocycles. The maximum Gasteiger partial charge on any atom is 0.147 e. The molecular weight excluding hydrogens is 144 g/mol. The monoisotopic (exact) mass is 152 g/mol. The molecule has 1 aromatic heterocycles.